The van der Waals surface area contributed by atoms with Crippen LogP contribution in [-0.2, 0) is 49.9 Å². The van der Waals surface area contributed by atoms with Crippen molar-refractivity contribution in [3.05, 3.63) is 46.8 Å². The van der Waals surface area contributed by atoms with Crippen LogP contribution in [0.15, 0.2) is 35.7 Å². The third-order valence-corrected chi connectivity index (χ3v) is 17.1. The van der Waals surface area contributed by atoms with Crippen LogP contribution < -0.4 is 26.6 Å². The molecule has 0 aromatic carbocycles. The highest BCUT2D eigenvalue weighted by molar-refractivity contribution is 7.98. The zero-order chi connectivity index (χ0) is 59.5. The fourth-order valence-electron chi connectivity index (χ4n) is 10.0. The highest BCUT2D eigenvalue weighted by Crippen LogP contribution is 2.26. The third-order valence-electron chi connectivity index (χ3n) is 15.1. The average Bonchev–Trinajstić information content (AvgIpc) is 3.50. The van der Waals surface area contributed by atoms with Gasteiger partial charge in [-0.25, -0.2) is 0 Å². The Kier molecular flexibility index (Phi) is 30.1. The molecule has 1 aromatic rings. The standard InChI is InChI=1S/C55H91N13O11S2/c1-8-40(4)51(53(77)56-6)60-52(76)45(32-39(2)3)59-54(78)55(61-46(69)15-31-81-38-44-11-9-10-43(58-44)37-80-30-14-41(5)57-42-12-18-63(7)19-13-42)16-20-68(21-17-55)48(71)34-65-24-22-64(33-47(70)62-79)23-26-66(35-49(72)73)28-29-67(27-25-65)36-50(74)75/h9-11,39-40,42,45,51,57H,5,8,12-38H2,1-4,6-7H3,(H,56,77)(H,59,78)(H,60,76)(H,61,69)(H,72,73)(H,74,75). The molecule has 24 nitrogen and oxygen atoms in total. The summed E-state index contributed by atoms with van der Waals surface area (Å²) in [5.41, 5.74) is 1.40. The molecule has 3 saturated heterocycles. The molecule has 0 radical (unpaired) electrons. The summed E-state index contributed by atoms with van der Waals surface area (Å²) in [6, 6.07) is 4.53. The summed E-state index contributed by atoms with van der Waals surface area (Å²) in [6.45, 7) is 14.8. The van der Waals surface area contributed by atoms with Gasteiger partial charge in [-0.05, 0) is 88.4 Å². The van der Waals surface area contributed by atoms with E-state index in [4.69, 9.17) is 4.98 Å². The van der Waals surface area contributed by atoms with Gasteiger partial charge < -0.3 is 46.6 Å². The number of nitroso groups, excluding NO2 is 1. The monoisotopic (exact) mass is 1170 g/mol. The van der Waals surface area contributed by atoms with Gasteiger partial charge in [0, 0.05) is 113 Å². The van der Waals surface area contributed by atoms with E-state index in [2.05, 4.69) is 50.3 Å². The van der Waals surface area contributed by atoms with Gasteiger partial charge >= 0.3 is 11.9 Å². The van der Waals surface area contributed by atoms with Gasteiger partial charge in [-0.15, -0.1) is 4.91 Å². The number of nitrogens with zero attached hydrogens (tertiary/aromatic N) is 8. The van der Waals surface area contributed by atoms with Crippen molar-refractivity contribution in [2.24, 2.45) is 17.0 Å². The van der Waals surface area contributed by atoms with Crippen molar-refractivity contribution in [1.29, 1.82) is 0 Å². The van der Waals surface area contributed by atoms with Crippen molar-refractivity contribution < 1.29 is 48.6 Å². The first-order valence-corrected chi connectivity index (χ1v) is 30.8. The van der Waals surface area contributed by atoms with Crippen LogP contribution in [0, 0.1) is 16.7 Å². The summed E-state index contributed by atoms with van der Waals surface area (Å²) < 4.78 is 0. The number of pyridine rings is 1. The summed E-state index contributed by atoms with van der Waals surface area (Å²) in [6.07, 6.45) is 4.06. The molecule has 4 heterocycles. The van der Waals surface area contributed by atoms with E-state index < -0.39 is 47.3 Å². The largest absolute Gasteiger partial charge is 0.480 e. The average molecular weight is 1170 g/mol. The van der Waals surface area contributed by atoms with Gasteiger partial charge in [0.05, 0.1) is 37.6 Å². The first-order chi connectivity index (χ1) is 38.6. The summed E-state index contributed by atoms with van der Waals surface area (Å²) >= 11 is 3.35. The number of likely N-dealkylation sites (tertiary alicyclic amines) is 2. The molecular formula is C55H91N13O11S2. The zero-order valence-electron chi connectivity index (χ0n) is 48.6. The quantitative estimate of drug-likeness (QED) is 0.0424. The molecular weight excluding hydrogens is 1080 g/mol. The number of likely N-dealkylation sites (N-methyl/N-ethyl adjacent to an activating group) is 1. The van der Waals surface area contributed by atoms with Crippen LogP contribution in [-0.4, -0.2) is 246 Å². The molecule has 3 atom stereocenters. The minimum Gasteiger partial charge on any atom is -0.480 e. The van der Waals surface area contributed by atoms with Gasteiger partial charge in [0.15, 0.2) is 0 Å². The Morgan fingerprint density at radius 2 is 1.26 bits per heavy atom. The van der Waals surface area contributed by atoms with Crippen LogP contribution in [0.5, 0.6) is 0 Å². The van der Waals surface area contributed by atoms with Crippen LogP contribution >= 0.6 is 23.5 Å². The van der Waals surface area contributed by atoms with Crippen molar-refractivity contribution in [2.45, 2.75) is 114 Å². The second-order valence-electron chi connectivity index (χ2n) is 22.1. The van der Waals surface area contributed by atoms with E-state index in [0.717, 1.165) is 60.9 Å². The van der Waals surface area contributed by atoms with Gasteiger partial charge in [0.2, 0.25) is 29.5 Å². The molecule has 26 heteroatoms. The van der Waals surface area contributed by atoms with Crippen LogP contribution in [0.25, 0.3) is 0 Å². The Balaban J connectivity index is 1.46. The molecule has 6 amide bonds. The second-order valence-corrected chi connectivity index (χ2v) is 24.3. The number of hydrogen-bond donors (Lipinski definition) is 7. The van der Waals surface area contributed by atoms with Crippen molar-refractivity contribution in [1.82, 2.24) is 61.0 Å². The molecule has 81 heavy (non-hydrogen) atoms. The fourth-order valence-corrected chi connectivity index (χ4v) is 11.8. The molecule has 0 aliphatic carbocycles. The molecule has 454 valence electrons. The number of carboxylic acid groups (broad SMARTS) is 2. The van der Waals surface area contributed by atoms with Gasteiger partial charge in [-0.1, -0.05) is 46.8 Å². The van der Waals surface area contributed by atoms with E-state index >= 15 is 0 Å². The SMILES string of the molecule is C=C(CCSCc1cccc(CSCCC(=O)NC2(C(=O)NC(CC(C)C)C(=O)NC(C(=O)NC)C(C)CC)CCN(C(=O)CN3CCN(CC(=O)O)CCN(CC(=O)O)CCN(CC(=O)N=O)CC3)CC2)n1)NC1CCN(C)CC1. The molecule has 0 spiro atoms. The number of piperidine rings is 2. The maximum absolute atomic E-state index is 14.8. The summed E-state index contributed by atoms with van der Waals surface area (Å²) in [7, 11) is 3.64. The number of carbonyl (C=O) groups is 8. The van der Waals surface area contributed by atoms with Gasteiger partial charge in [-0.2, -0.15) is 23.5 Å². The number of aliphatic carboxylic acids is 2. The first-order valence-electron chi connectivity index (χ1n) is 28.5. The Morgan fingerprint density at radius 1 is 0.741 bits per heavy atom. The predicted octanol–water partition coefficient (Wildman–Crippen LogP) is 1.49. The van der Waals surface area contributed by atoms with Crippen molar-refractivity contribution in [2.75, 3.05) is 130 Å². The maximum Gasteiger partial charge on any atom is 0.317 e. The number of amides is 6. The molecule has 4 rings (SSSR count). The fraction of sp³-hybridized carbons (Fsp3) is 0.727. The van der Waals surface area contributed by atoms with Crippen LogP contribution in [0.1, 0.15) is 90.4 Å². The number of rotatable bonds is 30. The Labute approximate surface area is 486 Å². The van der Waals surface area contributed by atoms with Crippen molar-refractivity contribution in [3.8, 4) is 0 Å². The van der Waals surface area contributed by atoms with Gasteiger partial charge in [0.1, 0.15) is 17.6 Å². The molecule has 3 unspecified atom stereocenters. The van der Waals surface area contributed by atoms with E-state index in [1.165, 1.54) is 7.05 Å². The molecule has 3 aliphatic heterocycles. The Hall–Kier alpha value is -5.25. The number of hydrogen-bond acceptors (Lipinski definition) is 18. The van der Waals surface area contributed by atoms with Gasteiger partial charge in [-0.3, -0.25) is 62.9 Å². The lowest BCUT2D eigenvalue weighted by atomic mass is 9.85. The number of carbonyl (C=O) groups excluding carboxylic acids is 6. The topological polar surface area (TPSA) is 299 Å². The number of thioether (sulfide) groups is 2. The number of nitrogens with one attached hydrogen (secondary N) is 5. The highest BCUT2D eigenvalue weighted by Gasteiger charge is 2.45. The van der Waals surface area contributed by atoms with E-state index in [0.29, 0.717) is 24.0 Å². The molecule has 0 saturated carbocycles. The minimum atomic E-state index is -1.52. The summed E-state index contributed by atoms with van der Waals surface area (Å²) in [5, 5.41) is 36.9. The molecule has 1 aromatic heterocycles. The van der Waals surface area contributed by atoms with E-state index in [1.807, 2.05) is 62.6 Å². The van der Waals surface area contributed by atoms with Crippen LogP contribution in [0.2, 0.25) is 0 Å². The summed E-state index contributed by atoms with van der Waals surface area (Å²) in [4.78, 5) is 133. The first kappa shape index (κ1) is 68.3. The van der Waals surface area contributed by atoms with Crippen molar-refractivity contribution >= 4 is 70.9 Å². The molecule has 3 aliphatic rings. The van der Waals surface area contributed by atoms with Crippen LogP contribution in [0.3, 0.4) is 0 Å². The lowest BCUT2D eigenvalue weighted by Gasteiger charge is -2.42. The minimum absolute atomic E-state index is 0.0126. The molecule has 0 bridgehead atoms. The zero-order valence-corrected chi connectivity index (χ0v) is 50.2. The number of aromatic nitrogens is 1. The second kappa shape index (κ2) is 35.7. The maximum atomic E-state index is 14.8. The predicted molar refractivity (Wildman–Crippen MR) is 314 cm³/mol. The normalized spacial score (nSPS) is 18.7. The van der Waals surface area contributed by atoms with Crippen LogP contribution in [0.4, 0.5) is 0 Å². The van der Waals surface area contributed by atoms with E-state index in [9.17, 15) is 53.5 Å². The van der Waals surface area contributed by atoms with E-state index in [1.54, 1.807) is 31.4 Å². The lowest BCUT2D eigenvalue weighted by molar-refractivity contribution is -0.142. The smallest absolute Gasteiger partial charge is 0.317 e. The highest BCUT2D eigenvalue weighted by atomic mass is 32.2. The Bertz CT molecular complexity index is 2250. The van der Waals surface area contributed by atoms with Crippen molar-refractivity contribution in [3.63, 3.8) is 0 Å². The van der Waals surface area contributed by atoms with E-state index in [-0.39, 0.29) is 147 Å². The summed E-state index contributed by atoms with van der Waals surface area (Å²) in [5.74, 6) is -2.81. The lowest BCUT2D eigenvalue weighted by Crippen LogP contribution is -2.66. The number of allylic oxidation sites excluding steroid dienone is 1. The number of carboxylic acids is 2. The molecule has 3 fully saturated rings. The molecule has 7 N–H and O–H groups in total. The Morgan fingerprint density at radius 3 is 1.75 bits per heavy atom. The van der Waals surface area contributed by atoms with Gasteiger partial charge in [0.25, 0.3) is 5.91 Å². The third kappa shape index (κ3) is 25.0.